The number of carbonyl (C=O) groups excluding carboxylic acids is 1. The number of anilines is 3. The van der Waals surface area contributed by atoms with E-state index in [-0.39, 0.29) is 12.5 Å². The third-order valence-electron chi connectivity index (χ3n) is 3.71. The van der Waals surface area contributed by atoms with E-state index in [2.05, 4.69) is 25.7 Å². The van der Waals surface area contributed by atoms with Gasteiger partial charge in [0.25, 0.3) is 0 Å². The Morgan fingerprint density at radius 1 is 1.38 bits per heavy atom. The lowest BCUT2D eigenvalue weighted by atomic mass is 10.3. The highest BCUT2D eigenvalue weighted by Gasteiger charge is 2.07. The topological polar surface area (TPSA) is 108 Å². The average Bonchev–Trinajstić information content (AvgIpc) is 3.04. The molecule has 26 heavy (non-hydrogen) atoms. The van der Waals surface area contributed by atoms with Crippen LogP contribution in [0, 0.1) is 0 Å². The molecule has 10 heteroatoms. The Bertz CT molecular complexity index is 722. The molecule has 0 fully saturated rings. The van der Waals surface area contributed by atoms with Gasteiger partial charge in [-0.1, -0.05) is 11.6 Å². The Balaban J connectivity index is 1.85. The van der Waals surface area contributed by atoms with E-state index >= 15 is 0 Å². The van der Waals surface area contributed by atoms with Crippen molar-refractivity contribution in [2.45, 2.75) is 26.3 Å². The molecule has 0 radical (unpaired) electrons. The lowest BCUT2D eigenvalue weighted by Gasteiger charge is -2.14. The minimum absolute atomic E-state index is 0.0227. The fourth-order valence-electron chi connectivity index (χ4n) is 2.17. The van der Waals surface area contributed by atoms with E-state index in [1.165, 1.54) is 6.20 Å². The molecule has 0 aromatic carbocycles. The summed E-state index contributed by atoms with van der Waals surface area (Å²) in [7, 11) is 1.79. The van der Waals surface area contributed by atoms with Crippen molar-refractivity contribution in [2.75, 3.05) is 37.4 Å². The Hall–Kier alpha value is -2.39. The summed E-state index contributed by atoms with van der Waals surface area (Å²) in [6.07, 6.45) is 6.69. The monoisotopic (exact) mass is 381 g/mol. The second-order valence-corrected chi connectivity index (χ2v) is 6.21. The highest BCUT2D eigenvalue weighted by Crippen LogP contribution is 2.21. The van der Waals surface area contributed by atoms with Crippen molar-refractivity contribution in [3.05, 3.63) is 23.6 Å². The van der Waals surface area contributed by atoms with E-state index in [1.807, 2.05) is 0 Å². The fraction of sp³-hybridized carbons (Fsp3) is 0.500. The van der Waals surface area contributed by atoms with Crippen molar-refractivity contribution in [3.63, 3.8) is 0 Å². The number of halogens is 1. The van der Waals surface area contributed by atoms with E-state index in [1.54, 1.807) is 35.9 Å². The smallest absolute Gasteiger partial charge is 0.229 e. The van der Waals surface area contributed by atoms with Crippen LogP contribution in [0.15, 0.2) is 18.6 Å². The molecular weight excluding hydrogens is 358 g/mol. The largest absolute Gasteiger partial charge is 0.394 e. The summed E-state index contributed by atoms with van der Waals surface area (Å²) in [5.74, 6) is 1.01. The molecule has 0 spiro atoms. The number of hydrogen-bond acceptors (Lipinski definition) is 7. The van der Waals surface area contributed by atoms with Gasteiger partial charge in [-0.25, -0.2) is 4.98 Å². The molecule has 2 heterocycles. The molecule has 0 atom stereocenters. The molecule has 0 aliphatic carbocycles. The first-order chi connectivity index (χ1) is 12.5. The summed E-state index contributed by atoms with van der Waals surface area (Å²) in [5.41, 5.74) is 0.721. The van der Waals surface area contributed by atoms with Crippen molar-refractivity contribution in [1.29, 1.82) is 0 Å². The average molecular weight is 382 g/mol. The quantitative estimate of drug-likeness (QED) is 0.538. The second kappa shape index (κ2) is 9.93. The van der Waals surface area contributed by atoms with Gasteiger partial charge >= 0.3 is 0 Å². The molecule has 2 rings (SSSR count). The highest BCUT2D eigenvalue weighted by atomic mass is 35.5. The van der Waals surface area contributed by atoms with E-state index in [0.29, 0.717) is 29.9 Å². The van der Waals surface area contributed by atoms with E-state index < -0.39 is 0 Å². The summed E-state index contributed by atoms with van der Waals surface area (Å²) in [6, 6.07) is 0. The first-order valence-corrected chi connectivity index (χ1v) is 8.76. The first kappa shape index (κ1) is 19.9. The third kappa shape index (κ3) is 6.16. The molecule has 2 aromatic heterocycles. The third-order valence-corrected chi connectivity index (χ3v) is 3.99. The van der Waals surface area contributed by atoms with Crippen LogP contribution in [0.2, 0.25) is 5.02 Å². The Morgan fingerprint density at radius 2 is 2.19 bits per heavy atom. The molecule has 3 N–H and O–H groups in total. The minimum atomic E-state index is 0.0227. The first-order valence-electron chi connectivity index (χ1n) is 8.38. The number of rotatable bonds is 10. The maximum absolute atomic E-state index is 11.1. The van der Waals surface area contributed by atoms with Crippen LogP contribution in [0.25, 0.3) is 0 Å². The number of nitrogens with one attached hydrogen (secondary N) is 2. The van der Waals surface area contributed by atoms with Gasteiger partial charge in [-0.05, 0) is 12.8 Å². The van der Waals surface area contributed by atoms with Gasteiger partial charge in [0.15, 0.2) is 0 Å². The van der Waals surface area contributed by atoms with E-state index in [9.17, 15) is 4.79 Å². The van der Waals surface area contributed by atoms with Crippen LogP contribution >= 0.6 is 11.6 Å². The van der Waals surface area contributed by atoms with Gasteiger partial charge in [-0.15, -0.1) is 0 Å². The molecular formula is C16H24ClN7O2. The predicted octanol–water partition coefficient (Wildman–Crippen LogP) is 1.73. The lowest BCUT2D eigenvalue weighted by molar-refractivity contribution is -0.127. The Morgan fingerprint density at radius 3 is 2.92 bits per heavy atom. The number of unbranched alkanes of at least 4 members (excludes halogenated alkanes) is 1. The summed E-state index contributed by atoms with van der Waals surface area (Å²) in [4.78, 5) is 21.4. The summed E-state index contributed by atoms with van der Waals surface area (Å²) >= 11 is 6.14. The maximum atomic E-state index is 11.1. The predicted molar refractivity (Wildman–Crippen MR) is 101 cm³/mol. The molecule has 0 aliphatic rings. The van der Waals surface area contributed by atoms with Gasteiger partial charge in [-0.3, -0.25) is 9.48 Å². The van der Waals surface area contributed by atoms with Crippen molar-refractivity contribution in [2.24, 2.45) is 0 Å². The molecule has 0 unspecified atom stereocenters. The second-order valence-electron chi connectivity index (χ2n) is 5.81. The maximum Gasteiger partial charge on any atom is 0.229 e. The van der Waals surface area contributed by atoms with Gasteiger partial charge < -0.3 is 20.6 Å². The number of hydrogen-bond donors (Lipinski definition) is 3. The fourth-order valence-corrected chi connectivity index (χ4v) is 2.33. The molecule has 0 saturated heterocycles. The molecule has 142 valence electrons. The molecule has 0 bridgehead atoms. The van der Waals surface area contributed by atoms with Gasteiger partial charge in [0.1, 0.15) is 10.8 Å². The SMILES string of the molecule is CC(=O)N(C)CCCCNc1nc(Nc2cnn(CCO)c2)ncc1Cl. The normalized spacial score (nSPS) is 10.6. The van der Waals surface area contributed by atoms with Gasteiger partial charge in [0.05, 0.1) is 31.2 Å². The molecule has 0 aliphatic heterocycles. The number of carbonyl (C=O) groups is 1. The molecule has 2 aromatic rings. The zero-order chi connectivity index (χ0) is 18.9. The Kier molecular flexibility index (Phi) is 7.61. The van der Waals surface area contributed by atoms with Crippen molar-refractivity contribution in [3.8, 4) is 0 Å². The van der Waals surface area contributed by atoms with E-state index in [0.717, 1.165) is 25.1 Å². The number of amides is 1. The summed E-state index contributed by atoms with van der Waals surface area (Å²) < 4.78 is 1.62. The van der Waals surface area contributed by atoms with E-state index in [4.69, 9.17) is 16.7 Å². The van der Waals surface area contributed by atoms with Crippen LogP contribution in [0.3, 0.4) is 0 Å². The van der Waals surface area contributed by atoms with Crippen LogP contribution in [0.4, 0.5) is 17.5 Å². The number of nitrogens with zero attached hydrogens (tertiary/aromatic N) is 5. The standard InChI is InChI=1S/C16H24ClN7O2/c1-12(26)23(2)6-4-3-5-18-15-14(17)10-19-16(22-15)21-13-9-20-24(11-13)7-8-25/h9-11,25H,3-8H2,1-2H3,(H2,18,19,21,22). The molecule has 9 nitrogen and oxygen atoms in total. The van der Waals surface area contributed by atoms with Crippen molar-refractivity contribution < 1.29 is 9.90 Å². The van der Waals surface area contributed by atoms with Crippen LogP contribution < -0.4 is 10.6 Å². The van der Waals surface area contributed by atoms with Crippen molar-refractivity contribution >= 4 is 35.0 Å². The molecule has 0 saturated carbocycles. The minimum Gasteiger partial charge on any atom is -0.394 e. The lowest BCUT2D eigenvalue weighted by Crippen LogP contribution is -2.25. The summed E-state index contributed by atoms with van der Waals surface area (Å²) in [5, 5.41) is 19.7. The zero-order valence-corrected chi connectivity index (χ0v) is 15.7. The van der Waals surface area contributed by atoms with Crippen LogP contribution in [0.5, 0.6) is 0 Å². The van der Waals surface area contributed by atoms with Gasteiger partial charge in [0, 0.05) is 33.3 Å². The van der Waals surface area contributed by atoms with Crippen LogP contribution in [0.1, 0.15) is 19.8 Å². The summed E-state index contributed by atoms with van der Waals surface area (Å²) in [6.45, 7) is 3.42. The van der Waals surface area contributed by atoms with Crippen LogP contribution in [-0.2, 0) is 11.3 Å². The zero-order valence-electron chi connectivity index (χ0n) is 14.9. The number of aromatic nitrogens is 4. The van der Waals surface area contributed by atoms with Gasteiger partial charge in [0.2, 0.25) is 11.9 Å². The van der Waals surface area contributed by atoms with Crippen molar-refractivity contribution in [1.82, 2.24) is 24.6 Å². The number of aliphatic hydroxyl groups excluding tert-OH is 1. The molecule has 1 amide bonds. The van der Waals surface area contributed by atoms with Crippen LogP contribution in [-0.4, -0.2) is 62.4 Å². The number of aliphatic hydroxyl groups is 1. The highest BCUT2D eigenvalue weighted by molar-refractivity contribution is 6.32. The van der Waals surface area contributed by atoms with Gasteiger partial charge in [-0.2, -0.15) is 10.1 Å². The Labute approximate surface area is 157 Å².